The predicted octanol–water partition coefficient (Wildman–Crippen LogP) is 0.890. The fourth-order valence-corrected chi connectivity index (χ4v) is 2.29. The standard InChI is InChI=1S/C15H22N4O2/c1-2-3-4-17-15(21)13-9-14(11-16-10-13)19-7-5-18(12-20)6-8-19/h9-12H,2-8H2,1H3,(H,17,21). The molecule has 1 aromatic rings. The second-order valence-corrected chi connectivity index (χ2v) is 5.17. The molecule has 1 aliphatic rings. The Labute approximate surface area is 125 Å². The van der Waals surface area contributed by atoms with Crippen LogP contribution in [-0.2, 0) is 4.79 Å². The van der Waals surface area contributed by atoms with Crippen LogP contribution in [0, 0.1) is 0 Å². The second-order valence-electron chi connectivity index (χ2n) is 5.17. The van der Waals surface area contributed by atoms with Gasteiger partial charge in [0, 0.05) is 38.9 Å². The number of hydrogen-bond donors (Lipinski definition) is 1. The van der Waals surface area contributed by atoms with E-state index >= 15 is 0 Å². The number of carbonyl (C=O) groups excluding carboxylic acids is 2. The summed E-state index contributed by atoms with van der Waals surface area (Å²) in [5.41, 5.74) is 1.52. The Hall–Kier alpha value is -2.11. The number of pyridine rings is 1. The molecule has 0 spiro atoms. The van der Waals surface area contributed by atoms with Gasteiger partial charge >= 0.3 is 0 Å². The SMILES string of the molecule is CCCCNC(=O)c1cncc(N2CCN(C=O)CC2)c1. The molecule has 0 radical (unpaired) electrons. The van der Waals surface area contributed by atoms with E-state index in [1.165, 1.54) is 0 Å². The lowest BCUT2D eigenvalue weighted by Gasteiger charge is -2.34. The molecule has 6 nitrogen and oxygen atoms in total. The van der Waals surface area contributed by atoms with Crippen molar-refractivity contribution in [3.05, 3.63) is 24.0 Å². The number of amides is 2. The summed E-state index contributed by atoms with van der Waals surface area (Å²) >= 11 is 0. The average Bonchev–Trinajstić information content (AvgIpc) is 2.55. The third-order valence-electron chi connectivity index (χ3n) is 3.63. The van der Waals surface area contributed by atoms with Crippen molar-refractivity contribution in [2.45, 2.75) is 19.8 Å². The van der Waals surface area contributed by atoms with Crippen molar-refractivity contribution in [2.75, 3.05) is 37.6 Å². The van der Waals surface area contributed by atoms with Crippen LogP contribution in [0.2, 0.25) is 0 Å². The zero-order chi connectivity index (χ0) is 15.1. The number of nitrogens with one attached hydrogen (secondary N) is 1. The lowest BCUT2D eigenvalue weighted by Crippen LogP contribution is -2.45. The zero-order valence-electron chi connectivity index (χ0n) is 12.4. The van der Waals surface area contributed by atoms with E-state index in [0.717, 1.165) is 38.0 Å². The molecule has 1 fully saturated rings. The molecular formula is C15H22N4O2. The third-order valence-corrected chi connectivity index (χ3v) is 3.63. The molecule has 1 aliphatic heterocycles. The van der Waals surface area contributed by atoms with Crippen LogP contribution in [0.1, 0.15) is 30.1 Å². The van der Waals surface area contributed by atoms with Crippen molar-refractivity contribution in [2.24, 2.45) is 0 Å². The predicted molar refractivity (Wildman–Crippen MR) is 81.3 cm³/mol. The van der Waals surface area contributed by atoms with E-state index in [1.807, 2.05) is 6.07 Å². The maximum atomic E-state index is 12.0. The van der Waals surface area contributed by atoms with Gasteiger partial charge in [-0.15, -0.1) is 0 Å². The second kappa shape index (κ2) is 7.61. The van der Waals surface area contributed by atoms with Gasteiger partial charge in [0.15, 0.2) is 0 Å². The molecule has 1 saturated heterocycles. The molecule has 0 saturated carbocycles. The lowest BCUT2D eigenvalue weighted by atomic mass is 10.2. The minimum atomic E-state index is -0.0793. The van der Waals surface area contributed by atoms with E-state index in [4.69, 9.17) is 0 Å². The van der Waals surface area contributed by atoms with Crippen molar-refractivity contribution in [1.82, 2.24) is 15.2 Å². The first-order valence-corrected chi connectivity index (χ1v) is 7.42. The van der Waals surface area contributed by atoms with Gasteiger partial charge in [-0.2, -0.15) is 0 Å². The van der Waals surface area contributed by atoms with E-state index in [0.29, 0.717) is 25.2 Å². The number of unbranched alkanes of at least 4 members (excludes halogenated alkanes) is 1. The lowest BCUT2D eigenvalue weighted by molar-refractivity contribution is -0.118. The Kier molecular flexibility index (Phi) is 5.54. The highest BCUT2D eigenvalue weighted by Crippen LogP contribution is 2.16. The van der Waals surface area contributed by atoms with Crippen LogP contribution in [-0.4, -0.2) is 54.9 Å². The Morgan fingerprint density at radius 2 is 2.10 bits per heavy atom. The minimum absolute atomic E-state index is 0.0793. The Bertz CT molecular complexity index is 484. The highest BCUT2D eigenvalue weighted by atomic mass is 16.1. The summed E-state index contributed by atoms with van der Waals surface area (Å²) in [6, 6.07) is 1.87. The largest absolute Gasteiger partial charge is 0.367 e. The summed E-state index contributed by atoms with van der Waals surface area (Å²) in [4.78, 5) is 30.8. The van der Waals surface area contributed by atoms with Crippen LogP contribution in [0.15, 0.2) is 18.5 Å². The molecule has 0 atom stereocenters. The first-order valence-electron chi connectivity index (χ1n) is 7.42. The first-order chi connectivity index (χ1) is 10.2. The fraction of sp³-hybridized carbons (Fsp3) is 0.533. The number of aromatic nitrogens is 1. The van der Waals surface area contributed by atoms with Crippen molar-refractivity contribution in [3.63, 3.8) is 0 Å². The van der Waals surface area contributed by atoms with Crippen molar-refractivity contribution in [3.8, 4) is 0 Å². The summed E-state index contributed by atoms with van der Waals surface area (Å²) in [5, 5.41) is 2.89. The molecule has 0 aromatic carbocycles. The molecule has 2 heterocycles. The maximum absolute atomic E-state index is 12.0. The normalized spacial score (nSPS) is 14.9. The Balaban J connectivity index is 1.97. The van der Waals surface area contributed by atoms with Gasteiger partial charge in [-0.3, -0.25) is 14.6 Å². The fourth-order valence-electron chi connectivity index (χ4n) is 2.29. The average molecular weight is 290 g/mol. The monoisotopic (exact) mass is 290 g/mol. The van der Waals surface area contributed by atoms with Crippen molar-refractivity contribution >= 4 is 18.0 Å². The van der Waals surface area contributed by atoms with Gasteiger partial charge in [0.1, 0.15) is 0 Å². The topological polar surface area (TPSA) is 65.5 Å². The first kappa shape index (κ1) is 15.3. The molecule has 0 aliphatic carbocycles. The third kappa shape index (κ3) is 4.18. The summed E-state index contributed by atoms with van der Waals surface area (Å²) in [6.45, 7) is 5.72. The molecule has 1 aromatic heterocycles. The number of piperazine rings is 1. The van der Waals surface area contributed by atoms with Crippen molar-refractivity contribution in [1.29, 1.82) is 0 Å². The van der Waals surface area contributed by atoms with Gasteiger partial charge in [-0.1, -0.05) is 13.3 Å². The molecule has 1 N–H and O–H groups in total. The number of anilines is 1. The number of hydrogen-bond acceptors (Lipinski definition) is 4. The zero-order valence-corrected chi connectivity index (χ0v) is 12.4. The van der Waals surface area contributed by atoms with Crippen LogP contribution in [0.25, 0.3) is 0 Å². The van der Waals surface area contributed by atoms with Gasteiger partial charge in [0.25, 0.3) is 5.91 Å². The summed E-state index contributed by atoms with van der Waals surface area (Å²) in [6.07, 6.45) is 6.27. The van der Waals surface area contributed by atoms with Crippen LogP contribution in [0.4, 0.5) is 5.69 Å². The molecule has 21 heavy (non-hydrogen) atoms. The van der Waals surface area contributed by atoms with Gasteiger partial charge in [-0.25, -0.2) is 0 Å². The smallest absolute Gasteiger partial charge is 0.252 e. The molecule has 0 bridgehead atoms. The van der Waals surface area contributed by atoms with Gasteiger partial charge in [0.05, 0.1) is 17.4 Å². The van der Waals surface area contributed by atoms with Crippen molar-refractivity contribution < 1.29 is 9.59 Å². The van der Waals surface area contributed by atoms with Gasteiger partial charge in [-0.05, 0) is 12.5 Å². The molecule has 0 unspecified atom stereocenters. The van der Waals surface area contributed by atoms with E-state index in [2.05, 4.69) is 22.1 Å². The number of carbonyl (C=O) groups is 2. The van der Waals surface area contributed by atoms with Crippen LogP contribution >= 0.6 is 0 Å². The van der Waals surface area contributed by atoms with Crippen LogP contribution < -0.4 is 10.2 Å². The van der Waals surface area contributed by atoms with E-state index in [1.54, 1.807) is 17.3 Å². The van der Waals surface area contributed by atoms with Gasteiger partial charge < -0.3 is 15.1 Å². The molecule has 2 amide bonds. The summed E-state index contributed by atoms with van der Waals surface area (Å²) < 4.78 is 0. The molecule has 114 valence electrons. The van der Waals surface area contributed by atoms with Crippen LogP contribution in [0.3, 0.4) is 0 Å². The molecular weight excluding hydrogens is 268 g/mol. The van der Waals surface area contributed by atoms with E-state index in [9.17, 15) is 9.59 Å². The number of nitrogens with zero attached hydrogens (tertiary/aromatic N) is 3. The quantitative estimate of drug-likeness (QED) is 0.624. The maximum Gasteiger partial charge on any atom is 0.252 e. The highest BCUT2D eigenvalue weighted by Gasteiger charge is 2.17. The van der Waals surface area contributed by atoms with Crippen LogP contribution in [0.5, 0.6) is 0 Å². The van der Waals surface area contributed by atoms with E-state index in [-0.39, 0.29) is 5.91 Å². The molecule has 2 rings (SSSR count). The summed E-state index contributed by atoms with van der Waals surface area (Å²) in [7, 11) is 0. The Morgan fingerprint density at radius 1 is 1.33 bits per heavy atom. The van der Waals surface area contributed by atoms with E-state index < -0.39 is 0 Å². The minimum Gasteiger partial charge on any atom is -0.367 e. The summed E-state index contributed by atoms with van der Waals surface area (Å²) in [5.74, 6) is -0.0793. The highest BCUT2D eigenvalue weighted by molar-refractivity contribution is 5.94. The molecule has 6 heteroatoms. The number of rotatable bonds is 6. The van der Waals surface area contributed by atoms with Gasteiger partial charge in [0.2, 0.25) is 6.41 Å². The Morgan fingerprint density at radius 3 is 2.76 bits per heavy atom.